The average Bonchev–Trinajstić information content (AvgIpc) is 2.48. The van der Waals surface area contributed by atoms with Gasteiger partial charge in [-0.1, -0.05) is 23.7 Å². The molecule has 134 valence electrons. The Bertz CT molecular complexity index is 524. The molecule has 0 aliphatic carbocycles. The van der Waals surface area contributed by atoms with Crippen LogP contribution in [0, 0.1) is 0 Å². The number of rotatable bonds is 8. The van der Waals surface area contributed by atoms with Crippen LogP contribution < -0.4 is 10.6 Å². The third-order valence-electron chi connectivity index (χ3n) is 3.13. The molecule has 0 spiro atoms. The standard InChI is InChI=1S/C18H27ClN2O3/c1-18(2,3)24-17(23)21-13-5-7-16(22)20-12-4-6-14-8-10-15(19)11-9-14/h8-11H,4-7,12-13H2,1-3H3,(H,20,22)(H,21,23). The Hall–Kier alpha value is -1.75. The maximum absolute atomic E-state index is 11.7. The summed E-state index contributed by atoms with van der Waals surface area (Å²) >= 11 is 5.83. The third kappa shape index (κ3) is 10.1. The van der Waals surface area contributed by atoms with Crippen LogP contribution >= 0.6 is 11.6 Å². The maximum Gasteiger partial charge on any atom is 0.407 e. The van der Waals surface area contributed by atoms with Gasteiger partial charge in [0, 0.05) is 24.5 Å². The molecule has 0 saturated heterocycles. The highest BCUT2D eigenvalue weighted by atomic mass is 35.5. The zero-order valence-electron chi connectivity index (χ0n) is 14.7. The second kappa shape index (κ2) is 10.2. The first-order valence-electron chi connectivity index (χ1n) is 8.24. The molecule has 0 heterocycles. The van der Waals surface area contributed by atoms with Crippen molar-refractivity contribution in [3.8, 4) is 0 Å². The minimum absolute atomic E-state index is 0.00269. The van der Waals surface area contributed by atoms with Gasteiger partial charge in [-0.25, -0.2) is 4.79 Å². The Labute approximate surface area is 149 Å². The minimum atomic E-state index is -0.508. The summed E-state index contributed by atoms with van der Waals surface area (Å²) in [5, 5.41) is 6.25. The molecule has 0 saturated carbocycles. The van der Waals surface area contributed by atoms with E-state index in [0.717, 1.165) is 17.9 Å². The smallest absolute Gasteiger partial charge is 0.407 e. The first-order valence-corrected chi connectivity index (χ1v) is 8.62. The van der Waals surface area contributed by atoms with Crippen molar-refractivity contribution >= 4 is 23.6 Å². The van der Waals surface area contributed by atoms with Crippen molar-refractivity contribution in [3.63, 3.8) is 0 Å². The SMILES string of the molecule is CC(C)(C)OC(=O)NCCCC(=O)NCCCc1ccc(Cl)cc1. The van der Waals surface area contributed by atoms with Gasteiger partial charge in [-0.05, 0) is 57.7 Å². The van der Waals surface area contributed by atoms with Crippen molar-refractivity contribution in [2.24, 2.45) is 0 Å². The lowest BCUT2D eigenvalue weighted by molar-refractivity contribution is -0.121. The fourth-order valence-electron chi connectivity index (χ4n) is 2.01. The van der Waals surface area contributed by atoms with Gasteiger partial charge in [0.25, 0.3) is 0 Å². The molecule has 0 radical (unpaired) electrons. The molecule has 0 bridgehead atoms. The van der Waals surface area contributed by atoms with Crippen LogP contribution in [-0.2, 0) is 16.0 Å². The average molecular weight is 355 g/mol. The predicted molar refractivity (Wildman–Crippen MR) is 96.3 cm³/mol. The van der Waals surface area contributed by atoms with Crippen LogP contribution in [-0.4, -0.2) is 30.7 Å². The van der Waals surface area contributed by atoms with E-state index in [4.69, 9.17) is 16.3 Å². The van der Waals surface area contributed by atoms with Gasteiger partial charge in [0.1, 0.15) is 5.60 Å². The van der Waals surface area contributed by atoms with Crippen LogP contribution in [0.25, 0.3) is 0 Å². The van der Waals surface area contributed by atoms with Crippen molar-refractivity contribution in [1.29, 1.82) is 0 Å². The fraction of sp³-hybridized carbons (Fsp3) is 0.556. The van der Waals surface area contributed by atoms with Gasteiger partial charge in [-0.15, -0.1) is 0 Å². The molecule has 24 heavy (non-hydrogen) atoms. The van der Waals surface area contributed by atoms with Crippen molar-refractivity contribution in [1.82, 2.24) is 10.6 Å². The Morgan fingerprint density at radius 2 is 1.67 bits per heavy atom. The summed E-state index contributed by atoms with van der Waals surface area (Å²) in [5.74, 6) is -0.00269. The number of amides is 2. The summed E-state index contributed by atoms with van der Waals surface area (Å²) in [5.41, 5.74) is 0.696. The first kappa shape index (κ1) is 20.3. The fourth-order valence-corrected chi connectivity index (χ4v) is 2.14. The van der Waals surface area contributed by atoms with Crippen molar-refractivity contribution in [3.05, 3.63) is 34.9 Å². The normalized spacial score (nSPS) is 11.0. The van der Waals surface area contributed by atoms with E-state index in [0.29, 0.717) is 25.9 Å². The number of hydrogen-bond acceptors (Lipinski definition) is 3. The van der Waals surface area contributed by atoms with Crippen LogP contribution in [0.4, 0.5) is 4.79 Å². The van der Waals surface area contributed by atoms with E-state index in [-0.39, 0.29) is 5.91 Å². The summed E-state index contributed by atoms with van der Waals surface area (Å²) in [6.07, 6.45) is 2.30. The highest BCUT2D eigenvalue weighted by Crippen LogP contribution is 2.10. The van der Waals surface area contributed by atoms with Gasteiger partial charge in [0.15, 0.2) is 0 Å². The van der Waals surface area contributed by atoms with E-state index >= 15 is 0 Å². The number of carbonyl (C=O) groups excluding carboxylic acids is 2. The molecular weight excluding hydrogens is 328 g/mol. The van der Waals surface area contributed by atoms with Crippen molar-refractivity contribution in [2.75, 3.05) is 13.1 Å². The quantitative estimate of drug-likeness (QED) is 0.699. The number of halogens is 1. The van der Waals surface area contributed by atoms with Crippen molar-refractivity contribution in [2.45, 2.75) is 52.1 Å². The zero-order chi connectivity index (χ0) is 18.0. The molecular formula is C18H27ClN2O3. The van der Waals surface area contributed by atoms with Gasteiger partial charge in [-0.2, -0.15) is 0 Å². The molecule has 0 aliphatic rings. The Morgan fingerprint density at radius 3 is 2.29 bits per heavy atom. The number of nitrogens with one attached hydrogen (secondary N) is 2. The number of carbonyl (C=O) groups is 2. The van der Waals surface area contributed by atoms with E-state index in [2.05, 4.69) is 10.6 Å². The summed E-state index contributed by atoms with van der Waals surface area (Å²) in [6, 6.07) is 7.72. The molecule has 0 atom stereocenters. The monoisotopic (exact) mass is 354 g/mol. The number of hydrogen-bond donors (Lipinski definition) is 2. The number of ether oxygens (including phenoxy) is 1. The van der Waals surface area contributed by atoms with E-state index in [9.17, 15) is 9.59 Å². The molecule has 0 aliphatic heterocycles. The highest BCUT2D eigenvalue weighted by molar-refractivity contribution is 6.30. The van der Waals surface area contributed by atoms with Crippen LogP contribution in [0.2, 0.25) is 5.02 Å². The van der Waals surface area contributed by atoms with Gasteiger partial charge < -0.3 is 15.4 Å². The molecule has 1 aromatic rings. The lowest BCUT2D eigenvalue weighted by Crippen LogP contribution is -2.33. The van der Waals surface area contributed by atoms with Crippen molar-refractivity contribution < 1.29 is 14.3 Å². The van der Waals surface area contributed by atoms with Gasteiger partial charge in [-0.3, -0.25) is 4.79 Å². The Balaban J connectivity index is 2.04. The Kier molecular flexibility index (Phi) is 8.61. The van der Waals surface area contributed by atoms with Crippen LogP contribution in [0.3, 0.4) is 0 Å². The van der Waals surface area contributed by atoms with Gasteiger partial charge in [0.05, 0.1) is 0 Å². The molecule has 2 amide bonds. The second-order valence-electron chi connectivity index (χ2n) is 6.61. The van der Waals surface area contributed by atoms with E-state index in [1.54, 1.807) is 0 Å². The molecule has 0 fully saturated rings. The molecule has 6 heteroatoms. The van der Waals surface area contributed by atoms with Crippen LogP contribution in [0.5, 0.6) is 0 Å². The Morgan fingerprint density at radius 1 is 1.04 bits per heavy atom. The second-order valence-corrected chi connectivity index (χ2v) is 7.05. The topological polar surface area (TPSA) is 67.4 Å². The summed E-state index contributed by atoms with van der Waals surface area (Å²) in [4.78, 5) is 23.1. The summed E-state index contributed by atoms with van der Waals surface area (Å²) in [7, 11) is 0. The third-order valence-corrected chi connectivity index (χ3v) is 3.38. The summed E-state index contributed by atoms with van der Waals surface area (Å²) < 4.78 is 5.11. The van der Waals surface area contributed by atoms with E-state index in [1.807, 2.05) is 45.0 Å². The summed E-state index contributed by atoms with van der Waals surface area (Å²) in [6.45, 7) is 6.49. The molecule has 0 unspecified atom stereocenters. The molecule has 2 N–H and O–H groups in total. The number of alkyl carbamates (subject to hydrolysis) is 1. The largest absolute Gasteiger partial charge is 0.444 e. The lowest BCUT2D eigenvalue weighted by atomic mass is 10.1. The van der Waals surface area contributed by atoms with Crippen LogP contribution in [0.15, 0.2) is 24.3 Å². The minimum Gasteiger partial charge on any atom is -0.444 e. The highest BCUT2D eigenvalue weighted by Gasteiger charge is 2.15. The predicted octanol–water partition coefficient (Wildman–Crippen LogP) is 3.69. The van der Waals surface area contributed by atoms with Gasteiger partial charge >= 0.3 is 6.09 Å². The maximum atomic E-state index is 11.7. The lowest BCUT2D eigenvalue weighted by Gasteiger charge is -2.19. The number of benzene rings is 1. The van der Waals surface area contributed by atoms with Crippen LogP contribution in [0.1, 0.15) is 45.6 Å². The van der Waals surface area contributed by atoms with Gasteiger partial charge in [0.2, 0.25) is 5.91 Å². The molecule has 1 aromatic carbocycles. The molecule has 0 aromatic heterocycles. The first-order chi connectivity index (χ1) is 11.3. The van der Waals surface area contributed by atoms with E-state index in [1.165, 1.54) is 5.56 Å². The zero-order valence-corrected chi connectivity index (χ0v) is 15.4. The molecule has 5 nitrogen and oxygen atoms in total. The number of aryl methyl sites for hydroxylation is 1. The van der Waals surface area contributed by atoms with E-state index < -0.39 is 11.7 Å². The molecule has 1 rings (SSSR count).